The summed E-state index contributed by atoms with van der Waals surface area (Å²) in [6.07, 6.45) is 1.70. The first-order chi connectivity index (χ1) is 32.7. The first-order valence-electron chi connectivity index (χ1n) is 22.4. The van der Waals surface area contributed by atoms with E-state index in [0.717, 1.165) is 28.2 Å². The van der Waals surface area contributed by atoms with Crippen molar-refractivity contribution in [2.24, 2.45) is 0 Å². The molecule has 7 N–H and O–H groups in total. The highest BCUT2D eigenvalue weighted by atomic mass is 19.1. The number of imide groups is 1. The maximum Gasteiger partial charge on any atom is 0.343 e. The zero-order valence-electron chi connectivity index (χ0n) is 38.5. The fourth-order valence-electron chi connectivity index (χ4n) is 8.21. The summed E-state index contributed by atoms with van der Waals surface area (Å²) in [5.41, 5.74) is 0.498. The van der Waals surface area contributed by atoms with E-state index in [4.69, 9.17) is 19.6 Å². The van der Waals surface area contributed by atoms with Crippen LogP contribution in [-0.2, 0) is 73.1 Å². The van der Waals surface area contributed by atoms with Gasteiger partial charge >= 0.3 is 11.9 Å². The predicted molar refractivity (Wildman–Crippen MR) is 239 cm³/mol. The Kier molecular flexibility index (Phi) is 15.6. The molecule has 0 saturated carbocycles. The van der Waals surface area contributed by atoms with E-state index in [-0.39, 0.29) is 80.9 Å². The molecular formula is C46H53FN8O14. The molecular weight excluding hydrogens is 908 g/mol. The molecule has 22 nitrogen and oxygen atoms in total. The number of aliphatic carboxylic acids is 1. The van der Waals surface area contributed by atoms with Crippen molar-refractivity contribution in [3.63, 3.8) is 0 Å². The molecule has 3 aromatic rings. The van der Waals surface area contributed by atoms with Gasteiger partial charge in [-0.2, -0.15) is 0 Å². The number of pyridine rings is 2. The number of ether oxygens (including phenoxy) is 2. The van der Waals surface area contributed by atoms with Crippen LogP contribution >= 0.6 is 0 Å². The number of hydrogen-bond donors (Lipinski definition) is 7. The van der Waals surface area contributed by atoms with Gasteiger partial charge in [-0.15, -0.1) is 0 Å². The number of halogens is 1. The highest BCUT2D eigenvalue weighted by Gasteiger charge is 2.45. The fraction of sp³-hybridized carbons (Fsp3) is 0.457. The minimum atomic E-state index is -2.00. The molecule has 0 bridgehead atoms. The Morgan fingerprint density at radius 2 is 1.51 bits per heavy atom. The number of carboxylic acids is 1. The van der Waals surface area contributed by atoms with Crippen LogP contribution in [0, 0.1) is 5.82 Å². The van der Waals surface area contributed by atoms with E-state index < -0.39 is 101 Å². The van der Waals surface area contributed by atoms with E-state index in [0.29, 0.717) is 23.2 Å². The Hall–Kier alpha value is -7.56. The molecule has 2 aromatic heterocycles. The van der Waals surface area contributed by atoms with Gasteiger partial charge in [0.2, 0.25) is 29.5 Å². The number of aromatic nitrogens is 2. The summed E-state index contributed by atoms with van der Waals surface area (Å²) in [5.74, 6) is -7.76. The third-order valence-electron chi connectivity index (χ3n) is 12.1. The third kappa shape index (κ3) is 10.9. The molecule has 6 rings (SSSR count). The number of esters is 1. The average Bonchev–Trinajstić information content (AvgIpc) is 3.84. The number of amides is 7. The maximum absolute atomic E-state index is 15.5. The Bertz CT molecular complexity index is 2720. The molecule has 7 amide bonds. The summed E-state index contributed by atoms with van der Waals surface area (Å²) in [5, 5.41) is 33.2. The summed E-state index contributed by atoms with van der Waals surface area (Å²) in [7, 11) is 0. The van der Waals surface area contributed by atoms with Crippen LogP contribution in [0.15, 0.2) is 35.1 Å². The number of carbonyl (C=O) groups is 9. The number of nitrogens with zero attached hydrogens (tertiary/aromatic N) is 3. The Morgan fingerprint density at radius 3 is 2.13 bits per heavy atom. The zero-order chi connectivity index (χ0) is 50.5. The molecule has 0 unspecified atom stereocenters. The summed E-state index contributed by atoms with van der Waals surface area (Å²) in [6.45, 7) is 7.06. The van der Waals surface area contributed by atoms with Crippen LogP contribution in [0.1, 0.15) is 89.0 Å². The van der Waals surface area contributed by atoms with Crippen molar-refractivity contribution < 1.29 is 67.2 Å². The highest BCUT2D eigenvalue weighted by Crippen LogP contribution is 2.41. The normalized spacial score (nSPS) is 17.4. The highest BCUT2D eigenvalue weighted by molar-refractivity contribution is 6.12. The molecule has 368 valence electrons. The standard InChI is InChI=1S/C46H53FN8O14/c1-6-25-26-17-34(30(47)19-32(26)53-39-27(25)20-55-33(39)18-29-28(44(55)65)21-69-45(66)46(29,67)7-2)68-16-14-48-40(61)22(3)49-41(62)23(4)50-42(63)24(5)51-43(64)31(10-13-38(59)60)52-35(56)9-8-15-54-36(57)11-12-37(54)58/h11-12,17-19,22-24,31,67H,6-10,13-16,20-21H2,1-5H3,(H,48,61)(H,49,62)(H,50,63)(H,51,64)(H,52,56)(H,59,60)/t22-,23-,24-,31-,46-/m0/s1. The van der Waals surface area contributed by atoms with E-state index in [1.54, 1.807) is 13.0 Å². The lowest BCUT2D eigenvalue weighted by Crippen LogP contribution is -2.56. The number of carbonyl (C=O) groups excluding carboxylic acids is 8. The van der Waals surface area contributed by atoms with Crippen LogP contribution in [0.25, 0.3) is 22.3 Å². The number of cyclic esters (lactones) is 1. The summed E-state index contributed by atoms with van der Waals surface area (Å²) >= 11 is 0. The van der Waals surface area contributed by atoms with Crippen molar-refractivity contribution in [3.05, 3.63) is 68.8 Å². The topological polar surface area (TPSA) is 311 Å². The first kappa shape index (κ1) is 50.8. The van der Waals surface area contributed by atoms with Crippen molar-refractivity contribution in [3.8, 4) is 17.1 Å². The third-order valence-corrected chi connectivity index (χ3v) is 12.1. The molecule has 3 aliphatic rings. The van der Waals surface area contributed by atoms with Gasteiger partial charge in [0, 0.05) is 54.1 Å². The molecule has 0 radical (unpaired) electrons. The van der Waals surface area contributed by atoms with Gasteiger partial charge in [-0.3, -0.25) is 48.1 Å². The maximum atomic E-state index is 15.5. The van der Waals surface area contributed by atoms with Crippen molar-refractivity contribution in [1.82, 2.24) is 41.0 Å². The number of nitrogens with one attached hydrogen (secondary N) is 5. The number of rotatable bonds is 21. The smallest absolute Gasteiger partial charge is 0.343 e. The van der Waals surface area contributed by atoms with Crippen molar-refractivity contribution in [1.29, 1.82) is 0 Å². The fourth-order valence-corrected chi connectivity index (χ4v) is 8.21. The van der Waals surface area contributed by atoms with E-state index in [1.165, 1.54) is 37.5 Å². The second-order valence-corrected chi connectivity index (χ2v) is 16.8. The van der Waals surface area contributed by atoms with Crippen LogP contribution in [0.5, 0.6) is 5.75 Å². The lowest BCUT2D eigenvalue weighted by Gasteiger charge is -2.31. The molecule has 5 heterocycles. The molecule has 1 aromatic carbocycles. The van der Waals surface area contributed by atoms with Gasteiger partial charge in [0.15, 0.2) is 17.2 Å². The van der Waals surface area contributed by atoms with Gasteiger partial charge in [0.05, 0.1) is 35.6 Å². The lowest BCUT2D eigenvalue weighted by atomic mass is 9.86. The Balaban J connectivity index is 0.979. The molecule has 0 aliphatic carbocycles. The van der Waals surface area contributed by atoms with Crippen LogP contribution in [-0.4, -0.2) is 122 Å². The molecule has 0 saturated heterocycles. The predicted octanol–water partition coefficient (Wildman–Crippen LogP) is -0.155. The number of aliphatic hydroxyl groups is 1. The largest absolute Gasteiger partial charge is 0.489 e. The Morgan fingerprint density at radius 1 is 0.870 bits per heavy atom. The van der Waals surface area contributed by atoms with Gasteiger partial charge in [-0.25, -0.2) is 14.2 Å². The quantitative estimate of drug-likeness (QED) is 0.0325. The van der Waals surface area contributed by atoms with Crippen molar-refractivity contribution in [2.45, 2.75) is 116 Å². The van der Waals surface area contributed by atoms with Crippen molar-refractivity contribution >= 4 is 64.2 Å². The minimum absolute atomic E-state index is 0.0199. The van der Waals surface area contributed by atoms with Crippen LogP contribution < -0.4 is 36.9 Å². The van der Waals surface area contributed by atoms with Gasteiger partial charge in [-0.05, 0) is 64.2 Å². The Labute approximate surface area is 393 Å². The van der Waals surface area contributed by atoms with E-state index in [1.807, 2.05) is 6.92 Å². The second kappa shape index (κ2) is 21.2. The summed E-state index contributed by atoms with van der Waals surface area (Å²) in [4.78, 5) is 131. The number of benzene rings is 1. The van der Waals surface area contributed by atoms with Crippen molar-refractivity contribution in [2.75, 3.05) is 19.7 Å². The van der Waals surface area contributed by atoms with Crippen LogP contribution in [0.3, 0.4) is 0 Å². The van der Waals surface area contributed by atoms with Gasteiger partial charge in [-0.1, -0.05) is 13.8 Å². The second-order valence-electron chi connectivity index (χ2n) is 16.8. The van der Waals surface area contributed by atoms with E-state index in [2.05, 4.69) is 26.6 Å². The first-order valence-corrected chi connectivity index (χ1v) is 22.4. The summed E-state index contributed by atoms with van der Waals surface area (Å²) < 4.78 is 27.9. The number of fused-ring (bicyclic) bond motifs is 5. The molecule has 23 heteroatoms. The monoisotopic (exact) mass is 960 g/mol. The van der Waals surface area contributed by atoms with E-state index >= 15 is 4.39 Å². The van der Waals surface area contributed by atoms with Gasteiger partial charge < -0.3 is 50.8 Å². The molecule has 5 atom stereocenters. The van der Waals surface area contributed by atoms with Gasteiger partial charge in [0.1, 0.15) is 37.4 Å². The SMILES string of the molecule is CCc1c2c(nc3cc(F)c(OCCNC(=O)[C@H](C)NC(=O)[C@H](C)NC(=O)[C@H](C)NC(=O)[C@H](CCC(=O)O)NC(=O)CCCN4C(=O)C=CC4=O)cc13)-c1cc3c(c(=O)n1C2)COC(=O)[C@]3(O)CC. The molecule has 3 aliphatic heterocycles. The van der Waals surface area contributed by atoms with Crippen LogP contribution in [0.2, 0.25) is 0 Å². The summed E-state index contributed by atoms with van der Waals surface area (Å²) in [6, 6.07) is -0.666. The zero-order valence-corrected chi connectivity index (χ0v) is 38.5. The number of hydrogen-bond acceptors (Lipinski definition) is 14. The van der Waals surface area contributed by atoms with E-state index in [9.17, 15) is 53.1 Å². The molecule has 0 spiro atoms. The van der Waals surface area contributed by atoms with Crippen LogP contribution in [0.4, 0.5) is 4.39 Å². The number of aryl methyl sites for hydroxylation is 1. The lowest BCUT2D eigenvalue weighted by molar-refractivity contribution is -0.172. The average molecular weight is 961 g/mol. The number of carboxylic acid groups (broad SMARTS) is 1. The van der Waals surface area contributed by atoms with Gasteiger partial charge in [0.25, 0.3) is 17.4 Å². The minimum Gasteiger partial charge on any atom is -0.489 e. The molecule has 0 fully saturated rings. The molecule has 69 heavy (non-hydrogen) atoms.